The van der Waals surface area contributed by atoms with Gasteiger partial charge in [0.2, 0.25) is 0 Å². The Bertz CT molecular complexity index is 149. The van der Waals surface area contributed by atoms with Crippen LogP contribution in [-0.2, 0) is 4.79 Å². The highest BCUT2D eigenvalue weighted by Gasteiger charge is 2.39. The lowest BCUT2D eigenvalue weighted by Gasteiger charge is -2.30. The van der Waals surface area contributed by atoms with Crippen molar-refractivity contribution in [2.24, 2.45) is 17.3 Å². The van der Waals surface area contributed by atoms with E-state index in [4.69, 9.17) is 0 Å². The van der Waals surface area contributed by atoms with Crippen molar-refractivity contribution < 1.29 is 4.79 Å². The van der Waals surface area contributed by atoms with E-state index >= 15 is 0 Å². The lowest BCUT2D eigenvalue weighted by atomic mass is 9.75. The molecule has 1 aliphatic carbocycles. The molecule has 1 fully saturated rings. The highest BCUT2D eigenvalue weighted by atomic mass is 16.1. The second kappa shape index (κ2) is 2.96. The zero-order valence-corrected chi connectivity index (χ0v) is 7.76. The van der Waals surface area contributed by atoms with Crippen LogP contribution in [0.25, 0.3) is 0 Å². The van der Waals surface area contributed by atoms with Gasteiger partial charge in [-0.2, -0.15) is 0 Å². The molecule has 1 saturated carbocycles. The summed E-state index contributed by atoms with van der Waals surface area (Å²) in [6, 6.07) is 0. The van der Waals surface area contributed by atoms with Gasteiger partial charge in [0.15, 0.2) is 0 Å². The summed E-state index contributed by atoms with van der Waals surface area (Å²) in [5, 5.41) is 0. The van der Waals surface area contributed by atoms with E-state index in [0.717, 1.165) is 18.6 Å². The average molecular weight is 154 g/mol. The third-order valence-corrected chi connectivity index (χ3v) is 3.65. The number of aldehydes is 1. The van der Waals surface area contributed by atoms with Crippen molar-refractivity contribution in [3.05, 3.63) is 0 Å². The first-order valence-electron chi connectivity index (χ1n) is 4.52. The Morgan fingerprint density at radius 2 is 2.09 bits per heavy atom. The van der Waals surface area contributed by atoms with Crippen molar-refractivity contribution in [3.63, 3.8) is 0 Å². The van der Waals surface area contributed by atoms with Crippen molar-refractivity contribution >= 4 is 6.29 Å². The number of hydrogen-bond acceptors (Lipinski definition) is 1. The Labute approximate surface area is 69.2 Å². The van der Waals surface area contributed by atoms with E-state index in [1.165, 1.54) is 12.8 Å². The van der Waals surface area contributed by atoms with Crippen LogP contribution >= 0.6 is 0 Å². The van der Waals surface area contributed by atoms with Gasteiger partial charge in [0.25, 0.3) is 0 Å². The number of carbonyl (C=O) groups is 1. The largest absolute Gasteiger partial charge is 0.303 e. The third-order valence-electron chi connectivity index (χ3n) is 3.65. The van der Waals surface area contributed by atoms with Gasteiger partial charge in [0.1, 0.15) is 6.29 Å². The summed E-state index contributed by atoms with van der Waals surface area (Å²) >= 11 is 0. The summed E-state index contributed by atoms with van der Waals surface area (Å²) in [7, 11) is 0. The molecule has 0 saturated heterocycles. The van der Waals surface area contributed by atoms with Crippen LogP contribution in [-0.4, -0.2) is 6.29 Å². The molecular formula is C10H18O. The molecule has 0 spiro atoms. The fourth-order valence-corrected chi connectivity index (χ4v) is 2.14. The fraction of sp³-hybridized carbons (Fsp3) is 0.900. The Balaban J connectivity index is 2.62. The number of carbonyl (C=O) groups excluding carboxylic acids is 1. The molecule has 1 heteroatoms. The molecule has 1 aliphatic rings. The molecule has 0 aromatic rings. The summed E-state index contributed by atoms with van der Waals surface area (Å²) in [6.07, 6.45) is 4.38. The van der Waals surface area contributed by atoms with Crippen molar-refractivity contribution in [1.29, 1.82) is 0 Å². The predicted octanol–water partition coefficient (Wildman–Crippen LogP) is 2.65. The van der Waals surface area contributed by atoms with E-state index in [2.05, 4.69) is 20.8 Å². The maximum atomic E-state index is 10.4. The Morgan fingerprint density at radius 1 is 1.45 bits per heavy atom. The van der Waals surface area contributed by atoms with E-state index in [1.807, 2.05) is 0 Å². The minimum Gasteiger partial charge on any atom is -0.303 e. The summed E-state index contributed by atoms with van der Waals surface area (Å²) < 4.78 is 0. The van der Waals surface area contributed by atoms with Gasteiger partial charge in [-0.15, -0.1) is 0 Å². The molecule has 1 rings (SSSR count). The first kappa shape index (κ1) is 8.76. The van der Waals surface area contributed by atoms with Crippen LogP contribution in [0.4, 0.5) is 0 Å². The zero-order chi connectivity index (χ0) is 8.48. The highest BCUT2D eigenvalue weighted by Crippen LogP contribution is 2.48. The minimum atomic E-state index is 0.390. The lowest BCUT2D eigenvalue weighted by Crippen LogP contribution is -2.23. The smallest absolute Gasteiger partial charge is 0.120 e. The first-order valence-corrected chi connectivity index (χ1v) is 4.52. The molecular weight excluding hydrogens is 136 g/mol. The van der Waals surface area contributed by atoms with Gasteiger partial charge in [-0.1, -0.05) is 20.8 Å². The second-order valence-corrected chi connectivity index (χ2v) is 4.40. The van der Waals surface area contributed by atoms with E-state index < -0.39 is 0 Å². The monoisotopic (exact) mass is 154 g/mol. The van der Waals surface area contributed by atoms with Crippen molar-refractivity contribution in [3.8, 4) is 0 Å². The number of hydrogen-bond donors (Lipinski definition) is 0. The zero-order valence-electron chi connectivity index (χ0n) is 7.76. The molecule has 0 heterocycles. The van der Waals surface area contributed by atoms with Gasteiger partial charge in [0, 0.05) is 6.42 Å². The molecule has 0 bridgehead atoms. The van der Waals surface area contributed by atoms with Gasteiger partial charge in [0.05, 0.1) is 0 Å². The third kappa shape index (κ3) is 1.47. The average Bonchev–Trinajstić information content (AvgIpc) is 2.16. The van der Waals surface area contributed by atoms with Crippen LogP contribution in [0.5, 0.6) is 0 Å². The minimum absolute atomic E-state index is 0.390. The molecule has 0 amide bonds. The number of rotatable bonds is 2. The summed E-state index contributed by atoms with van der Waals surface area (Å²) in [5.74, 6) is 1.42. The predicted molar refractivity (Wildman–Crippen MR) is 46.4 cm³/mol. The standard InChI is InChI=1S/C10H18O/c1-8-4-5-9(6-7-11)10(8,2)3/h7-9H,4-6H2,1-3H3/t8-,9+/m0/s1. The molecule has 0 unspecified atom stereocenters. The Kier molecular flexibility index (Phi) is 2.36. The van der Waals surface area contributed by atoms with Crippen LogP contribution < -0.4 is 0 Å². The normalized spacial score (nSPS) is 35.5. The van der Waals surface area contributed by atoms with Crippen molar-refractivity contribution in [2.45, 2.75) is 40.0 Å². The summed E-state index contributed by atoms with van der Waals surface area (Å²) in [4.78, 5) is 10.4. The van der Waals surface area contributed by atoms with E-state index in [-0.39, 0.29) is 0 Å². The Morgan fingerprint density at radius 3 is 2.45 bits per heavy atom. The molecule has 0 radical (unpaired) electrons. The maximum absolute atomic E-state index is 10.4. The fourth-order valence-electron chi connectivity index (χ4n) is 2.14. The van der Waals surface area contributed by atoms with Gasteiger partial charge in [-0.05, 0) is 30.1 Å². The van der Waals surface area contributed by atoms with Crippen LogP contribution in [0.15, 0.2) is 0 Å². The van der Waals surface area contributed by atoms with Gasteiger partial charge < -0.3 is 4.79 Å². The molecule has 11 heavy (non-hydrogen) atoms. The highest BCUT2D eigenvalue weighted by molar-refractivity contribution is 5.50. The summed E-state index contributed by atoms with van der Waals surface area (Å²) in [5.41, 5.74) is 0.390. The second-order valence-electron chi connectivity index (χ2n) is 4.40. The van der Waals surface area contributed by atoms with Crippen molar-refractivity contribution in [1.82, 2.24) is 0 Å². The quantitative estimate of drug-likeness (QED) is 0.559. The van der Waals surface area contributed by atoms with Crippen LogP contribution in [0.2, 0.25) is 0 Å². The van der Waals surface area contributed by atoms with E-state index in [0.29, 0.717) is 11.3 Å². The SMILES string of the molecule is C[C@H]1CC[C@H](CC=O)C1(C)C. The van der Waals surface area contributed by atoms with E-state index in [9.17, 15) is 4.79 Å². The lowest BCUT2D eigenvalue weighted by molar-refractivity contribution is -0.109. The first-order chi connectivity index (χ1) is 5.09. The topological polar surface area (TPSA) is 17.1 Å². The van der Waals surface area contributed by atoms with Gasteiger partial charge in [-0.3, -0.25) is 0 Å². The molecule has 0 aliphatic heterocycles. The molecule has 64 valence electrons. The molecule has 2 atom stereocenters. The molecule has 0 aromatic heterocycles. The maximum Gasteiger partial charge on any atom is 0.120 e. The van der Waals surface area contributed by atoms with Crippen LogP contribution in [0, 0.1) is 17.3 Å². The molecule has 0 N–H and O–H groups in total. The Hall–Kier alpha value is -0.330. The van der Waals surface area contributed by atoms with Crippen LogP contribution in [0.3, 0.4) is 0 Å². The van der Waals surface area contributed by atoms with E-state index in [1.54, 1.807) is 0 Å². The molecule has 0 aromatic carbocycles. The molecule has 1 nitrogen and oxygen atoms in total. The van der Waals surface area contributed by atoms with Gasteiger partial charge >= 0.3 is 0 Å². The van der Waals surface area contributed by atoms with Crippen LogP contribution in [0.1, 0.15) is 40.0 Å². The van der Waals surface area contributed by atoms with Crippen molar-refractivity contribution in [2.75, 3.05) is 0 Å². The van der Waals surface area contributed by atoms with Gasteiger partial charge in [-0.25, -0.2) is 0 Å². The summed E-state index contributed by atoms with van der Waals surface area (Å²) in [6.45, 7) is 6.88.